The van der Waals surface area contributed by atoms with Gasteiger partial charge in [0.05, 0.1) is 5.60 Å². The molecule has 0 aliphatic rings. The lowest BCUT2D eigenvalue weighted by Gasteiger charge is -2.22. The maximum absolute atomic E-state index is 10.8. The molecule has 0 bridgehead atoms. The summed E-state index contributed by atoms with van der Waals surface area (Å²) in [4.78, 5) is 10.8. The highest BCUT2D eigenvalue weighted by Crippen LogP contribution is 2.17. The van der Waals surface area contributed by atoms with Crippen LogP contribution in [0.3, 0.4) is 0 Å². The molecule has 0 saturated carbocycles. The molecule has 18 heavy (non-hydrogen) atoms. The van der Waals surface area contributed by atoms with Crippen LogP contribution in [0.1, 0.15) is 42.1 Å². The average Bonchev–Trinajstić information content (AvgIpc) is 2.66. The van der Waals surface area contributed by atoms with Crippen LogP contribution in [-0.2, 0) is 16.1 Å². The Kier molecular flexibility index (Phi) is 4.93. The normalized spacial score (nSPS) is 11.8. The zero-order valence-electron chi connectivity index (χ0n) is 11.3. The summed E-state index contributed by atoms with van der Waals surface area (Å²) in [5.74, 6) is -0.551. The van der Waals surface area contributed by atoms with Crippen LogP contribution in [0, 0.1) is 6.92 Å². The first-order valence-electron chi connectivity index (χ1n) is 5.81. The third-order valence-corrected chi connectivity index (χ3v) is 2.81. The van der Waals surface area contributed by atoms with E-state index in [0.29, 0.717) is 17.9 Å². The zero-order valence-corrected chi connectivity index (χ0v) is 11.3. The molecule has 5 heteroatoms. The molecule has 1 aromatic rings. The molecule has 1 N–H and O–H groups in total. The lowest BCUT2D eigenvalue weighted by atomic mass is 10.1. The van der Waals surface area contributed by atoms with Crippen LogP contribution in [0.4, 0.5) is 0 Å². The van der Waals surface area contributed by atoms with Crippen molar-refractivity contribution in [1.82, 2.24) is 0 Å². The molecule has 0 atom stereocenters. The Balaban J connectivity index is 2.41. The minimum atomic E-state index is -1.06. The number of ether oxygens (including phenoxy) is 2. The van der Waals surface area contributed by atoms with Crippen molar-refractivity contribution in [3.05, 3.63) is 23.2 Å². The summed E-state index contributed by atoms with van der Waals surface area (Å²) >= 11 is 0. The third-order valence-electron chi connectivity index (χ3n) is 2.81. The standard InChI is InChI=1S/C13H20O5/c1-9-7-10(18-11(9)12(14)15)8-17-6-5-13(2,3)16-4/h7H,5-6,8H2,1-4H3,(H,14,15). The molecule has 1 heterocycles. The first-order valence-corrected chi connectivity index (χ1v) is 5.81. The van der Waals surface area contributed by atoms with Crippen molar-refractivity contribution in [2.24, 2.45) is 0 Å². The van der Waals surface area contributed by atoms with E-state index >= 15 is 0 Å². The minimum absolute atomic E-state index is 0.0224. The molecule has 1 rings (SSSR count). The first kappa shape index (κ1) is 14.7. The molecule has 0 aliphatic heterocycles. The van der Waals surface area contributed by atoms with Gasteiger partial charge in [0, 0.05) is 19.3 Å². The van der Waals surface area contributed by atoms with E-state index < -0.39 is 5.97 Å². The zero-order chi connectivity index (χ0) is 13.8. The van der Waals surface area contributed by atoms with Crippen LogP contribution in [0.5, 0.6) is 0 Å². The van der Waals surface area contributed by atoms with Gasteiger partial charge in [-0.15, -0.1) is 0 Å². The minimum Gasteiger partial charge on any atom is -0.475 e. The molecule has 0 spiro atoms. The van der Waals surface area contributed by atoms with Gasteiger partial charge in [-0.2, -0.15) is 0 Å². The maximum Gasteiger partial charge on any atom is 0.372 e. The molecule has 5 nitrogen and oxygen atoms in total. The summed E-state index contributed by atoms with van der Waals surface area (Å²) < 4.78 is 15.9. The highest BCUT2D eigenvalue weighted by atomic mass is 16.5. The van der Waals surface area contributed by atoms with Crippen molar-refractivity contribution in [3.63, 3.8) is 0 Å². The maximum atomic E-state index is 10.8. The summed E-state index contributed by atoms with van der Waals surface area (Å²) in [6.07, 6.45) is 0.759. The van der Waals surface area contributed by atoms with E-state index in [0.717, 1.165) is 6.42 Å². The molecule has 0 aliphatic carbocycles. The van der Waals surface area contributed by atoms with Crippen LogP contribution < -0.4 is 0 Å². The van der Waals surface area contributed by atoms with E-state index in [1.165, 1.54) is 0 Å². The third kappa shape index (κ3) is 4.16. The van der Waals surface area contributed by atoms with E-state index in [1.54, 1.807) is 20.1 Å². The van der Waals surface area contributed by atoms with Crippen LogP contribution in [0.2, 0.25) is 0 Å². The van der Waals surface area contributed by atoms with E-state index in [2.05, 4.69) is 0 Å². The highest BCUT2D eigenvalue weighted by Gasteiger charge is 2.17. The topological polar surface area (TPSA) is 68.9 Å². The molecule has 0 unspecified atom stereocenters. The van der Waals surface area contributed by atoms with Crippen molar-refractivity contribution in [2.75, 3.05) is 13.7 Å². The highest BCUT2D eigenvalue weighted by molar-refractivity contribution is 5.86. The summed E-state index contributed by atoms with van der Waals surface area (Å²) in [5, 5.41) is 8.84. The first-order chi connectivity index (χ1) is 8.35. The van der Waals surface area contributed by atoms with Crippen molar-refractivity contribution < 1.29 is 23.8 Å². The van der Waals surface area contributed by atoms with Gasteiger partial charge in [0.1, 0.15) is 12.4 Å². The van der Waals surface area contributed by atoms with E-state index in [4.69, 9.17) is 19.0 Å². The predicted molar refractivity (Wildman–Crippen MR) is 65.8 cm³/mol. The summed E-state index contributed by atoms with van der Waals surface area (Å²) in [6, 6.07) is 1.69. The van der Waals surface area contributed by atoms with Gasteiger partial charge in [-0.25, -0.2) is 4.79 Å². The average molecular weight is 256 g/mol. The number of carbonyl (C=O) groups is 1. The van der Waals surface area contributed by atoms with Gasteiger partial charge in [-0.05, 0) is 33.3 Å². The lowest BCUT2D eigenvalue weighted by molar-refractivity contribution is -0.0144. The smallest absolute Gasteiger partial charge is 0.372 e. The Morgan fingerprint density at radius 2 is 2.17 bits per heavy atom. The number of hydrogen-bond donors (Lipinski definition) is 1. The molecule has 0 fully saturated rings. The molecule has 0 amide bonds. The largest absolute Gasteiger partial charge is 0.475 e. The summed E-state index contributed by atoms with van der Waals surface area (Å²) in [6.45, 7) is 6.47. The Labute approximate surface area is 107 Å². The second kappa shape index (κ2) is 6.02. The number of furan rings is 1. The molecule has 1 aromatic heterocycles. The van der Waals surface area contributed by atoms with E-state index in [1.807, 2.05) is 13.8 Å². The quantitative estimate of drug-likeness (QED) is 0.759. The number of aromatic carboxylic acids is 1. The van der Waals surface area contributed by atoms with Crippen molar-refractivity contribution in [3.8, 4) is 0 Å². The van der Waals surface area contributed by atoms with Gasteiger partial charge in [-0.3, -0.25) is 0 Å². The van der Waals surface area contributed by atoms with E-state index in [-0.39, 0.29) is 18.0 Å². The molecule has 0 aromatic carbocycles. The van der Waals surface area contributed by atoms with Gasteiger partial charge >= 0.3 is 5.97 Å². The SMILES string of the molecule is COC(C)(C)CCOCc1cc(C)c(C(=O)O)o1. The number of hydrogen-bond acceptors (Lipinski definition) is 4. The van der Waals surface area contributed by atoms with Crippen LogP contribution >= 0.6 is 0 Å². The Morgan fingerprint density at radius 3 is 2.67 bits per heavy atom. The van der Waals surface area contributed by atoms with Gasteiger partial charge in [0.2, 0.25) is 5.76 Å². The summed E-state index contributed by atoms with van der Waals surface area (Å²) in [7, 11) is 1.66. The molecule has 102 valence electrons. The Hall–Kier alpha value is -1.33. The summed E-state index contributed by atoms with van der Waals surface area (Å²) in [5.41, 5.74) is 0.393. The van der Waals surface area contributed by atoms with Gasteiger partial charge in [0.15, 0.2) is 0 Å². The Bertz CT molecular complexity index is 406. The lowest BCUT2D eigenvalue weighted by Crippen LogP contribution is -2.24. The van der Waals surface area contributed by atoms with Crippen LogP contribution in [0.15, 0.2) is 10.5 Å². The second-order valence-corrected chi connectivity index (χ2v) is 4.80. The number of methoxy groups -OCH3 is 1. The fraction of sp³-hybridized carbons (Fsp3) is 0.615. The van der Waals surface area contributed by atoms with Gasteiger partial charge < -0.3 is 19.0 Å². The number of carboxylic acids is 1. The number of carboxylic acid groups (broad SMARTS) is 1. The predicted octanol–water partition coefficient (Wildman–Crippen LogP) is 2.62. The Morgan fingerprint density at radius 1 is 1.50 bits per heavy atom. The van der Waals surface area contributed by atoms with Gasteiger partial charge in [-0.1, -0.05) is 0 Å². The van der Waals surface area contributed by atoms with Crippen molar-refractivity contribution in [1.29, 1.82) is 0 Å². The van der Waals surface area contributed by atoms with Crippen LogP contribution in [-0.4, -0.2) is 30.4 Å². The fourth-order valence-electron chi connectivity index (χ4n) is 1.42. The molecule has 0 saturated heterocycles. The number of aryl methyl sites for hydroxylation is 1. The van der Waals surface area contributed by atoms with Crippen LogP contribution in [0.25, 0.3) is 0 Å². The van der Waals surface area contributed by atoms with Gasteiger partial charge in [0.25, 0.3) is 0 Å². The second-order valence-electron chi connectivity index (χ2n) is 4.80. The van der Waals surface area contributed by atoms with E-state index in [9.17, 15) is 4.79 Å². The molecule has 0 radical (unpaired) electrons. The fourth-order valence-corrected chi connectivity index (χ4v) is 1.42. The monoisotopic (exact) mass is 256 g/mol. The molecular weight excluding hydrogens is 236 g/mol. The van der Waals surface area contributed by atoms with Crippen molar-refractivity contribution in [2.45, 2.75) is 39.4 Å². The molecular formula is C13H20O5. The van der Waals surface area contributed by atoms with Crippen molar-refractivity contribution >= 4 is 5.97 Å². The number of rotatable bonds is 7.